The quantitative estimate of drug-likeness (QED) is 0.569. The van der Waals surface area contributed by atoms with Gasteiger partial charge in [0, 0.05) is 17.4 Å². The van der Waals surface area contributed by atoms with Crippen LogP contribution in [0.2, 0.25) is 0 Å². The van der Waals surface area contributed by atoms with E-state index in [2.05, 4.69) is 9.97 Å². The lowest BCUT2D eigenvalue weighted by Gasteiger charge is -2.09. The van der Waals surface area contributed by atoms with E-state index in [1.54, 1.807) is 25.4 Å². The van der Waals surface area contributed by atoms with Gasteiger partial charge in [0.05, 0.1) is 17.1 Å². The highest BCUT2D eigenvalue weighted by Crippen LogP contribution is 2.26. The van der Waals surface area contributed by atoms with Gasteiger partial charge < -0.3 is 5.11 Å². The number of hydrogen-bond donors (Lipinski definition) is 1. The van der Waals surface area contributed by atoms with Crippen LogP contribution < -0.4 is 0 Å². The lowest BCUT2D eigenvalue weighted by atomic mass is 10.1. The summed E-state index contributed by atoms with van der Waals surface area (Å²) in [6.45, 7) is 1.73. The average molecular weight is 333 g/mol. The monoisotopic (exact) mass is 333 g/mol. The fourth-order valence-corrected chi connectivity index (χ4v) is 2.92. The number of imidazole rings is 1. The minimum atomic E-state index is -0.536. The number of pyridine rings is 1. The molecule has 2 heterocycles. The summed E-state index contributed by atoms with van der Waals surface area (Å²) in [6, 6.07) is 16.7. The fourth-order valence-electron chi connectivity index (χ4n) is 2.92. The summed E-state index contributed by atoms with van der Waals surface area (Å²) < 4.78 is 15.9. The first kappa shape index (κ1) is 15.5. The van der Waals surface area contributed by atoms with Gasteiger partial charge in [0.25, 0.3) is 0 Å². The van der Waals surface area contributed by atoms with Crippen LogP contribution in [0, 0.1) is 5.95 Å². The van der Waals surface area contributed by atoms with Crippen LogP contribution >= 0.6 is 0 Å². The molecule has 0 bridgehead atoms. The molecule has 1 atom stereocenters. The molecule has 2 aromatic carbocycles. The molecule has 0 spiro atoms. The molecule has 0 fully saturated rings. The van der Waals surface area contributed by atoms with Gasteiger partial charge in [-0.2, -0.15) is 4.39 Å². The average Bonchev–Trinajstić information content (AvgIpc) is 3.05. The summed E-state index contributed by atoms with van der Waals surface area (Å²) in [5.41, 5.74) is 4.65. The van der Waals surface area contributed by atoms with E-state index in [0.717, 1.165) is 27.8 Å². The molecule has 1 N–H and O–H groups in total. The van der Waals surface area contributed by atoms with Gasteiger partial charge in [-0.3, -0.25) is 4.57 Å². The topological polar surface area (TPSA) is 50.9 Å². The molecule has 2 aromatic heterocycles. The molecule has 124 valence electrons. The van der Waals surface area contributed by atoms with Crippen molar-refractivity contribution >= 4 is 11.0 Å². The molecule has 4 rings (SSSR count). The molecule has 0 unspecified atom stereocenters. The summed E-state index contributed by atoms with van der Waals surface area (Å²) in [4.78, 5) is 8.14. The molecular formula is C20H16FN3O. The van der Waals surface area contributed by atoms with E-state index >= 15 is 0 Å². The van der Waals surface area contributed by atoms with Crippen LogP contribution in [0.4, 0.5) is 4.39 Å². The van der Waals surface area contributed by atoms with Crippen LogP contribution in [-0.4, -0.2) is 19.6 Å². The van der Waals surface area contributed by atoms with Crippen molar-refractivity contribution in [3.8, 4) is 16.8 Å². The first-order valence-electron chi connectivity index (χ1n) is 8.00. The number of fused-ring (bicyclic) bond motifs is 1. The summed E-state index contributed by atoms with van der Waals surface area (Å²) >= 11 is 0. The second kappa shape index (κ2) is 6.11. The Bertz CT molecular complexity index is 1060. The van der Waals surface area contributed by atoms with E-state index in [4.69, 9.17) is 0 Å². The number of aromatic nitrogens is 3. The van der Waals surface area contributed by atoms with Crippen LogP contribution in [0.5, 0.6) is 0 Å². The predicted molar refractivity (Wildman–Crippen MR) is 94.9 cm³/mol. The molecule has 0 radical (unpaired) electrons. The molecule has 5 heteroatoms. The van der Waals surface area contributed by atoms with E-state index in [0.29, 0.717) is 5.56 Å². The Morgan fingerprint density at radius 2 is 1.92 bits per heavy atom. The lowest BCUT2D eigenvalue weighted by Crippen LogP contribution is -1.95. The molecule has 0 aliphatic rings. The van der Waals surface area contributed by atoms with E-state index in [1.165, 1.54) is 6.20 Å². The number of rotatable bonds is 3. The van der Waals surface area contributed by atoms with Crippen molar-refractivity contribution in [1.29, 1.82) is 0 Å². The van der Waals surface area contributed by atoms with Crippen molar-refractivity contribution in [1.82, 2.24) is 14.5 Å². The normalized spacial score (nSPS) is 12.4. The van der Waals surface area contributed by atoms with Crippen molar-refractivity contribution in [3.05, 3.63) is 78.6 Å². The number of hydrogen-bond acceptors (Lipinski definition) is 3. The van der Waals surface area contributed by atoms with Gasteiger partial charge in [0.2, 0.25) is 5.95 Å². The van der Waals surface area contributed by atoms with Crippen LogP contribution in [0.3, 0.4) is 0 Å². The third-order valence-electron chi connectivity index (χ3n) is 4.25. The van der Waals surface area contributed by atoms with Gasteiger partial charge >= 0.3 is 0 Å². The highest BCUT2D eigenvalue weighted by Gasteiger charge is 2.10. The Kier molecular flexibility index (Phi) is 3.78. The van der Waals surface area contributed by atoms with Crippen molar-refractivity contribution < 1.29 is 9.50 Å². The highest BCUT2D eigenvalue weighted by atomic mass is 19.1. The molecule has 4 nitrogen and oxygen atoms in total. The number of aliphatic hydroxyl groups excluding tert-OH is 1. The van der Waals surface area contributed by atoms with Gasteiger partial charge in [-0.05, 0) is 54.4 Å². The van der Waals surface area contributed by atoms with Crippen molar-refractivity contribution in [2.75, 3.05) is 0 Å². The number of aliphatic hydroxyl groups is 1. The fraction of sp³-hybridized carbons (Fsp3) is 0.100. The zero-order valence-corrected chi connectivity index (χ0v) is 13.6. The van der Waals surface area contributed by atoms with Crippen molar-refractivity contribution in [3.63, 3.8) is 0 Å². The van der Waals surface area contributed by atoms with Crippen LogP contribution in [0.25, 0.3) is 27.8 Å². The lowest BCUT2D eigenvalue weighted by molar-refractivity contribution is 0.199. The molecule has 25 heavy (non-hydrogen) atoms. The molecular weight excluding hydrogens is 317 g/mol. The van der Waals surface area contributed by atoms with Gasteiger partial charge in [-0.25, -0.2) is 9.97 Å². The van der Waals surface area contributed by atoms with Gasteiger partial charge in [0.15, 0.2) is 0 Å². The predicted octanol–water partition coefficient (Wildman–Crippen LogP) is 4.28. The third kappa shape index (κ3) is 2.79. The van der Waals surface area contributed by atoms with Gasteiger partial charge in [0.1, 0.15) is 6.33 Å². The van der Waals surface area contributed by atoms with Gasteiger partial charge in [-0.1, -0.05) is 18.2 Å². The molecule has 0 saturated heterocycles. The second-order valence-electron chi connectivity index (χ2n) is 5.93. The summed E-state index contributed by atoms with van der Waals surface area (Å²) in [5.74, 6) is -0.489. The smallest absolute Gasteiger partial charge is 0.220 e. The Labute approximate surface area is 144 Å². The third-order valence-corrected chi connectivity index (χ3v) is 4.25. The van der Waals surface area contributed by atoms with Crippen LogP contribution in [-0.2, 0) is 0 Å². The Balaban J connectivity index is 1.82. The maximum absolute atomic E-state index is 14.0. The van der Waals surface area contributed by atoms with E-state index < -0.39 is 12.1 Å². The maximum Gasteiger partial charge on any atom is 0.220 e. The largest absolute Gasteiger partial charge is 0.389 e. The number of benzene rings is 2. The number of halogens is 1. The Morgan fingerprint density at radius 3 is 2.72 bits per heavy atom. The summed E-state index contributed by atoms with van der Waals surface area (Å²) in [7, 11) is 0. The zero-order valence-electron chi connectivity index (χ0n) is 13.6. The highest BCUT2D eigenvalue weighted by molar-refractivity contribution is 5.79. The summed E-state index contributed by atoms with van der Waals surface area (Å²) in [5, 5.41) is 9.72. The first-order valence-corrected chi connectivity index (χ1v) is 8.00. The molecule has 0 aliphatic heterocycles. The second-order valence-corrected chi connectivity index (χ2v) is 5.93. The SMILES string of the molecule is C[C@H](O)c1ccc2c(c1)ncn2-c1cccc(-c2cccnc2F)c1. The van der Waals surface area contributed by atoms with E-state index in [1.807, 2.05) is 47.0 Å². The van der Waals surface area contributed by atoms with Crippen molar-refractivity contribution in [2.45, 2.75) is 13.0 Å². The summed E-state index contributed by atoms with van der Waals surface area (Å²) in [6.07, 6.45) is 2.63. The van der Waals surface area contributed by atoms with E-state index in [-0.39, 0.29) is 0 Å². The standard InChI is InChI=1S/C20H16FN3O/c1-13(25)14-7-8-19-18(11-14)23-12-24(19)16-5-2-4-15(10-16)17-6-3-9-22-20(17)21/h2-13,25H,1H3/t13-/m0/s1. The molecule has 0 aliphatic carbocycles. The zero-order chi connectivity index (χ0) is 17.4. The molecule has 4 aromatic rings. The maximum atomic E-state index is 14.0. The molecule has 0 amide bonds. The minimum Gasteiger partial charge on any atom is -0.389 e. The Hall–Kier alpha value is -3.05. The number of nitrogens with zero attached hydrogens (tertiary/aromatic N) is 3. The van der Waals surface area contributed by atoms with E-state index in [9.17, 15) is 9.50 Å². The Morgan fingerprint density at radius 1 is 1.04 bits per heavy atom. The van der Waals surface area contributed by atoms with Gasteiger partial charge in [-0.15, -0.1) is 0 Å². The van der Waals surface area contributed by atoms with Crippen molar-refractivity contribution in [2.24, 2.45) is 0 Å². The van der Waals surface area contributed by atoms with Crippen LogP contribution in [0.15, 0.2) is 67.1 Å². The minimum absolute atomic E-state index is 0.463. The van der Waals surface area contributed by atoms with Crippen LogP contribution in [0.1, 0.15) is 18.6 Å². The first-order chi connectivity index (χ1) is 12.1. The molecule has 0 saturated carbocycles.